The number of hydrogen-bond donors (Lipinski definition) is 0. The summed E-state index contributed by atoms with van der Waals surface area (Å²) in [5.74, 6) is 1.21. The molecule has 1 fully saturated rings. The highest BCUT2D eigenvalue weighted by Crippen LogP contribution is 2.25. The summed E-state index contributed by atoms with van der Waals surface area (Å²) in [5, 5.41) is 4.74. The number of nitrogens with zero attached hydrogens (tertiary/aromatic N) is 3. The lowest BCUT2D eigenvalue weighted by Gasteiger charge is -2.36. The van der Waals surface area contributed by atoms with Crippen LogP contribution >= 0.6 is 11.6 Å². The Hall–Kier alpha value is -2.21. The number of rotatable bonds is 5. The zero-order valence-electron chi connectivity index (χ0n) is 15.2. The molecule has 4 rings (SSSR count). The molecular weight excluding hydrogens is 362 g/mol. The van der Waals surface area contributed by atoms with E-state index < -0.39 is 0 Å². The zero-order chi connectivity index (χ0) is 18.6. The summed E-state index contributed by atoms with van der Waals surface area (Å²) in [7, 11) is 0. The second-order valence-electron chi connectivity index (χ2n) is 6.88. The molecule has 5 nitrogen and oxygen atoms in total. The molecule has 27 heavy (non-hydrogen) atoms. The Morgan fingerprint density at radius 3 is 2.78 bits per heavy atom. The minimum Gasteiger partial charge on any atom is -0.368 e. The molecule has 1 aromatic heterocycles. The Morgan fingerprint density at radius 1 is 1.11 bits per heavy atom. The molecule has 1 aliphatic rings. The molecule has 6 heteroatoms. The Kier molecular flexibility index (Phi) is 5.53. The fraction of sp³-hybridized carbons (Fsp3) is 0.333. The van der Waals surface area contributed by atoms with Crippen LogP contribution in [0.25, 0.3) is 11.4 Å². The van der Waals surface area contributed by atoms with Gasteiger partial charge in [-0.2, -0.15) is 4.98 Å². The van der Waals surface area contributed by atoms with Gasteiger partial charge in [-0.25, -0.2) is 0 Å². The normalized spacial score (nSPS) is 20.7. The van der Waals surface area contributed by atoms with Crippen LogP contribution in [-0.4, -0.2) is 40.8 Å². The van der Waals surface area contributed by atoms with E-state index in [1.54, 1.807) is 0 Å². The van der Waals surface area contributed by atoms with Gasteiger partial charge in [0.2, 0.25) is 11.7 Å². The number of morpholine rings is 1. The predicted molar refractivity (Wildman–Crippen MR) is 105 cm³/mol. The summed E-state index contributed by atoms with van der Waals surface area (Å²) in [6, 6.07) is 17.9. The van der Waals surface area contributed by atoms with E-state index in [0.717, 1.165) is 25.2 Å². The molecule has 0 N–H and O–H groups in total. The predicted octanol–water partition coefficient (Wildman–Crippen LogP) is 4.39. The van der Waals surface area contributed by atoms with Crippen molar-refractivity contribution in [3.8, 4) is 11.4 Å². The molecule has 0 radical (unpaired) electrons. The number of benzene rings is 2. The first kappa shape index (κ1) is 18.2. The van der Waals surface area contributed by atoms with Crippen LogP contribution in [0.1, 0.15) is 24.5 Å². The first-order valence-corrected chi connectivity index (χ1v) is 9.56. The van der Waals surface area contributed by atoms with E-state index in [-0.39, 0.29) is 12.2 Å². The molecule has 0 amide bonds. The lowest BCUT2D eigenvalue weighted by molar-refractivity contribution is -0.0788. The molecule has 2 atom stereocenters. The molecule has 0 aliphatic carbocycles. The van der Waals surface area contributed by atoms with Gasteiger partial charge >= 0.3 is 0 Å². The van der Waals surface area contributed by atoms with Gasteiger partial charge in [-0.15, -0.1) is 0 Å². The summed E-state index contributed by atoms with van der Waals surface area (Å²) in [6.45, 7) is 4.74. The molecule has 1 aliphatic heterocycles. The maximum absolute atomic E-state index is 6.12. The average molecular weight is 384 g/mol. The van der Waals surface area contributed by atoms with Crippen LogP contribution in [-0.2, 0) is 11.2 Å². The summed E-state index contributed by atoms with van der Waals surface area (Å²) in [5.41, 5.74) is 2.08. The maximum Gasteiger partial charge on any atom is 0.228 e. The van der Waals surface area contributed by atoms with Gasteiger partial charge in [-0.3, -0.25) is 4.90 Å². The third-order valence-electron chi connectivity index (χ3n) is 4.70. The van der Waals surface area contributed by atoms with E-state index >= 15 is 0 Å². The lowest BCUT2D eigenvalue weighted by atomic mass is 10.1. The van der Waals surface area contributed by atoms with E-state index in [9.17, 15) is 0 Å². The van der Waals surface area contributed by atoms with Crippen LogP contribution in [0.5, 0.6) is 0 Å². The van der Waals surface area contributed by atoms with Gasteiger partial charge in [0.15, 0.2) is 0 Å². The van der Waals surface area contributed by atoms with Crippen molar-refractivity contribution in [1.82, 2.24) is 15.0 Å². The number of ether oxygens (including phenoxy) is 1. The number of aromatic nitrogens is 2. The minimum atomic E-state index is 0.0969. The monoisotopic (exact) mass is 383 g/mol. The van der Waals surface area contributed by atoms with Gasteiger partial charge in [0, 0.05) is 36.6 Å². The molecule has 0 bridgehead atoms. The summed E-state index contributed by atoms with van der Waals surface area (Å²) in [4.78, 5) is 6.91. The van der Waals surface area contributed by atoms with Gasteiger partial charge in [0.05, 0.1) is 12.2 Å². The highest BCUT2D eigenvalue weighted by atomic mass is 35.5. The van der Waals surface area contributed by atoms with Crippen LogP contribution in [0.4, 0.5) is 0 Å². The van der Waals surface area contributed by atoms with Crippen molar-refractivity contribution in [1.29, 1.82) is 0 Å². The van der Waals surface area contributed by atoms with Crippen LogP contribution in [0.15, 0.2) is 59.1 Å². The average Bonchev–Trinajstić information content (AvgIpc) is 3.16. The Balaban J connectivity index is 1.38. The molecule has 0 spiro atoms. The van der Waals surface area contributed by atoms with Crippen LogP contribution in [0.2, 0.25) is 5.02 Å². The molecule has 0 saturated carbocycles. The standard InChI is InChI=1S/C21H22ClN3O2/c1-15-13-25(14-19(26-15)16-6-3-2-4-7-16)11-10-20-23-21(24-27-20)17-8-5-9-18(22)12-17/h2-9,12,15,19H,10-11,13-14H2,1H3. The fourth-order valence-corrected chi connectivity index (χ4v) is 3.62. The smallest absolute Gasteiger partial charge is 0.228 e. The van der Waals surface area contributed by atoms with E-state index in [4.69, 9.17) is 20.9 Å². The Bertz CT molecular complexity index is 884. The van der Waals surface area contributed by atoms with Crippen molar-refractivity contribution in [2.45, 2.75) is 25.6 Å². The molecule has 3 aromatic rings. The quantitative estimate of drug-likeness (QED) is 0.653. The molecule has 1 saturated heterocycles. The van der Waals surface area contributed by atoms with Crippen molar-refractivity contribution < 1.29 is 9.26 Å². The molecule has 2 aromatic carbocycles. The lowest BCUT2D eigenvalue weighted by Crippen LogP contribution is -2.43. The first-order valence-electron chi connectivity index (χ1n) is 9.18. The third-order valence-corrected chi connectivity index (χ3v) is 4.94. The van der Waals surface area contributed by atoms with E-state index in [2.05, 4.69) is 46.2 Å². The second kappa shape index (κ2) is 8.21. The van der Waals surface area contributed by atoms with Gasteiger partial charge in [-0.1, -0.05) is 59.2 Å². The summed E-state index contributed by atoms with van der Waals surface area (Å²) >= 11 is 6.04. The summed E-state index contributed by atoms with van der Waals surface area (Å²) < 4.78 is 11.5. The number of hydrogen-bond acceptors (Lipinski definition) is 5. The van der Waals surface area contributed by atoms with Crippen LogP contribution in [0, 0.1) is 0 Å². The van der Waals surface area contributed by atoms with Crippen molar-refractivity contribution in [3.05, 3.63) is 71.1 Å². The molecule has 2 heterocycles. The van der Waals surface area contributed by atoms with Crippen molar-refractivity contribution in [2.75, 3.05) is 19.6 Å². The van der Waals surface area contributed by atoms with E-state index in [1.165, 1.54) is 5.56 Å². The zero-order valence-corrected chi connectivity index (χ0v) is 16.0. The SMILES string of the molecule is CC1CN(CCc2nc(-c3cccc(Cl)c3)no2)CC(c2ccccc2)O1. The van der Waals surface area contributed by atoms with E-state index in [1.807, 2.05) is 30.3 Å². The highest BCUT2D eigenvalue weighted by Gasteiger charge is 2.26. The highest BCUT2D eigenvalue weighted by molar-refractivity contribution is 6.30. The maximum atomic E-state index is 6.12. The van der Waals surface area contributed by atoms with Gasteiger partial charge in [0.1, 0.15) is 0 Å². The Morgan fingerprint density at radius 2 is 1.96 bits per heavy atom. The molecular formula is C21H22ClN3O2. The topological polar surface area (TPSA) is 51.4 Å². The second-order valence-corrected chi connectivity index (χ2v) is 7.31. The van der Waals surface area contributed by atoms with Crippen molar-refractivity contribution in [2.24, 2.45) is 0 Å². The van der Waals surface area contributed by atoms with Crippen molar-refractivity contribution in [3.63, 3.8) is 0 Å². The van der Waals surface area contributed by atoms with Crippen molar-refractivity contribution >= 4 is 11.6 Å². The Labute approximate surface area is 163 Å². The fourth-order valence-electron chi connectivity index (χ4n) is 3.43. The van der Waals surface area contributed by atoms with Gasteiger partial charge in [0.25, 0.3) is 0 Å². The number of halogens is 1. The van der Waals surface area contributed by atoms with Gasteiger partial charge in [-0.05, 0) is 24.6 Å². The third kappa shape index (κ3) is 4.56. The largest absolute Gasteiger partial charge is 0.368 e. The van der Waals surface area contributed by atoms with Crippen LogP contribution < -0.4 is 0 Å². The van der Waals surface area contributed by atoms with Crippen LogP contribution in [0.3, 0.4) is 0 Å². The first-order chi connectivity index (χ1) is 13.2. The molecule has 2 unspecified atom stereocenters. The minimum absolute atomic E-state index is 0.0969. The van der Waals surface area contributed by atoms with Gasteiger partial charge < -0.3 is 9.26 Å². The molecule has 140 valence electrons. The van der Waals surface area contributed by atoms with E-state index in [0.29, 0.717) is 23.2 Å². The summed E-state index contributed by atoms with van der Waals surface area (Å²) in [6.07, 6.45) is 0.996.